The van der Waals surface area contributed by atoms with E-state index in [0.29, 0.717) is 0 Å². The van der Waals surface area contributed by atoms with Gasteiger partial charge in [-0.15, -0.1) is 0 Å². The molecule has 1 atom stereocenters. The molecule has 0 aliphatic heterocycles. The normalized spacial score (nSPS) is 14.4. The van der Waals surface area contributed by atoms with E-state index in [9.17, 15) is 0 Å². The van der Waals surface area contributed by atoms with Crippen LogP contribution in [0.4, 0.5) is 17.1 Å². The fourth-order valence-corrected chi connectivity index (χ4v) is 10.2. The molecule has 12 rings (SSSR count). The molecule has 1 unspecified atom stereocenters. The largest absolute Gasteiger partial charge is 0.310 e. The standard InChI is InChI=1S/C59H39N/c1-3-15-40(16-4-1)41-27-29-42(30-28-41)43-31-33-47(34-32-43)60(46-19-5-2-6-20-46)48-35-36-53-50-22-10-9-21-49(50)51-23-11-13-25-55(51)59(58(53)39-48)56-26-14-12-24-52(56)54-37-44-17-7-8-18-45(44)38-57(54)59/h1-39H. The summed E-state index contributed by atoms with van der Waals surface area (Å²) in [7, 11) is 0. The highest BCUT2D eigenvalue weighted by Gasteiger charge is 2.50. The molecule has 0 aromatic heterocycles. The number of para-hydroxylation sites is 1. The van der Waals surface area contributed by atoms with Gasteiger partial charge in [0.1, 0.15) is 0 Å². The monoisotopic (exact) mass is 761 g/mol. The van der Waals surface area contributed by atoms with Crippen LogP contribution in [0.25, 0.3) is 66.4 Å². The van der Waals surface area contributed by atoms with E-state index in [2.05, 4.69) is 241 Å². The molecular weight excluding hydrogens is 723 g/mol. The molecular formula is C59H39N. The van der Waals surface area contributed by atoms with Gasteiger partial charge in [0.15, 0.2) is 0 Å². The predicted octanol–water partition coefficient (Wildman–Crippen LogP) is 15.7. The Hall–Kier alpha value is -7.74. The Morgan fingerprint density at radius 3 is 1.25 bits per heavy atom. The van der Waals surface area contributed by atoms with Crippen LogP contribution in [-0.2, 0) is 5.41 Å². The van der Waals surface area contributed by atoms with Crippen LogP contribution in [0.1, 0.15) is 22.3 Å². The summed E-state index contributed by atoms with van der Waals surface area (Å²) in [5, 5.41) is 2.51. The van der Waals surface area contributed by atoms with Gasteiger partial charge >= 0.3 is 0 Å². The number of hydrogen-bond acceptors (Lipinski definition) is 1. The molecule has 0 saturated carbocycles. The summed E-state index contributed by atoms with van der Waals surface area (Å²) in [5.41, 5.74) is 20.5. The smallest absolute Gasteiger partial charge is 0.0726 e. The fraction of sp³-hybridized carbons (Fsp3) is 0.0169. The van der Waals surface area contributed by atoms with Crippen molar-refractivity contribution < 1.29 is 0 Å². The third kappa shape index (κ3) is 5.19. The van der Waals surface area contributed by atoms with Crippen molar-refractivity contribution in [3.8, 4) is 55.6 Å². The van der Waals surface area contributed by atoms with E-state index >= 15 is 0 Å². The van der Waals surface area contributed by atoms with Crippen LogP contribution in [-0.4, -0.2) is 0 Å². The van der Waals surface area contributed by atoms with E-state index < -0.39 is 5.41 Å². The molecule has 2 aliphatic rings. The van der Waals surface area contributed by atoms with Crippen molar-refractivity contribution in [2.45, 2.75) is 5.41 Å². The maximum absolute atomic E-state index is 2.50. The highest BCUT2D eigenvalue weighted by molar-refractivity contribution is 6.01. The lowest BCUT2D eigenvalue weighted by Gasteiger charge is -2.36. The van der Waals surface area contributed by atoms with Crippen molar-refractivity contribution in [2.24, 2.45) is 0 Å². The van der Waals surface area contributed by atoms with E-state index in [4.69, 9.17) is 0 Å². The average Bonchev–Trinajstić information content (AvgIpc) is 3.55. The number of benzene rings is 10. The fourth-order valence-electron chi connectivity index (χ4n) is 10.2. The van der Waals surface area contributed by atoms with Crippen molar-refractivity contribution in [3.05, 3.63) is 259 Å². The molecule has 0 radical (unpaired) electrons. The highest BCUT2D eigenvalue weighted by Crippen LogP contribution is 2.62. The molecule has 10 aromatic carbocycles. The lowest BCUT2D eigenvalue weighted by Crippen LogP contribution is -2.29. The van der Waals surface area contributed by atoms with Crippen molar-refractivity contribution in [1.82, 2.24) is 0 Å². The van der Waals surface area contributed by atoms with Crippen LogP contribution >= 0.6 is 0 Å². The van der Waals surface area contributed by atoms with Gasteiger partial charge in [0.2, 0.25) is 0 Å². The molecule has 1 heteroatoms. The first kappa shape index (κ1) is 34.3. The molecule has 60 heavy (non-hydrogen) atoms. The quantitative estimate of drug-likeness (QED) is 0.169. The summed E-state index contributed by atoms with van der Waals surface area (Å²) in [6, 6.07) is 87.5. The third-order valence-corrected chi connectivity index (χ3v) is 12.9. The topological polar surface area (TPSA) is 3.24 Å². The van der Waals surface area contributed by atoms with Crippen LogP contribution in [0.3, 0.4) is 0 Å². The molecule has 0 N–H and O–H groups in total. The van der Waals surface area contributed by atoms with Crippen LogP contribution in [0, 0.1) is 0 Å². The van der Waals surface area contributed by atoms with Gasteiger partial charge in [-0.25, -0.2) is 0 Å². The van der Waals surface area contributed by atoms with Crippen LogP contribution in [0.15, 0.2) is 237 Å². The van der Waals surface area contributed by atoms with E-state index in [1.807, 2.05) is 0 Å². The first-order valence-corrected chi connectivity index (χ1v) is 20.8. The second-order valence-corrected chi connectivity index (χ2v) is 16.0. The van der Waals surface area contributed by atoms with Gasteiger partial charge < -0.3 is 4.90 Å². The SMILES string of the molecule is c1ccc(-c2ccc(-c3ccc(N(c4ccccc4)c4ccc5c(c4)C4(c6ccccc6-c6ccccc6-5)c5ccccc5-c5cc6ccccc6cc54)cc3)cc2)cc1. The van der Waals surface area contributed by atoms with Gasteiger partial charge in [0.05, 0.1) is 5.41 Å². The second-order valence-electron chi connectivity index (χ2n) is 16.0. The molecule has 1 spiro atoms. The lowest BCUT2D eigenvalue weighted by molar-refractivity contribution is 0.776. The average molecular weight is 762 g/mol. The van der Waals surface area contributed by atoms with Crippen molar-refractivity contribution in [2.75, 3.05) is 4.90 Å². The van der Waals surface area contributed by atoms with Gasteiger partial charge in [0.25, 0.3) is 0 Å². The summed E-state index contributed by atoms with van der Waals surface area (Å²) >= 11 is 0. The number of hydrogen-bond donors (Lipinski definition) is 0. The molecule has 0 saturated heterocycles. The summed E-state index contributed by atoms with van der Waals surface area (Å²) in [6.45, 7) is 0. The van der Waals surface area contributed by atoms with Gasteiger partial charge in [-0.3, -0.25) is 0 Å². The van der Waals surface area contributed by atoms with E-state index in [0.717, 1.165) is 17.1 Å². The Labute approximate surface area is 351 Å². The van der Waals surface area contributed by atoms with Crippen molar-refractivity contribution in [3.63, 3.8) is 0 Å². The van der Waals surface area contributed by atoms with E-state index in [1.165, 1.54) is 88.7 Å². The van der Waals surface area contributed by atoms with E-state index in [1.54, 1.807) is 0 Å². The maximum Gasteiger partial charge on any atom is 0.0726 e. The Balaban J connectivity index is 1.09. The van der Waals surface area contributed by atoms with Gasteiger partial charge in [-0.2, -0.15) is 0 Å². The first-order chi connectivity index (χ1) is 29.8. The Morgan fingerprint density at radius 1 is 0.233 bits per heavy atom. The summed E-state index contributed by atoms with van der Waals surface area (Å²) in [5.74, 6) is 0. The minimum absolute atomic E-state index is 0.588. The first-order valence-electron chi connectivity index (χ1n) is 20.8. The Bertz CT molecular complexity index is 3240. The summed E-state index contributed by atoms with van der Waals surface area (Å²) in [6.07, 6.45) is 0. The van der Waals surface area contributed by atoms with Crippen molar-refractivity contribution >= 4 is 27.8 Å². The predicted molar refractivity (Wildman–Crippen MR) is 251 cm³/mol. The number of anilines is 3. The van der Waals surface area contributed by atoms with Crippen LogP contribution in [0.2, 0.25) is 0 Å². The van der Waals surface area contributed by atoms with E-state index in [-0.39, 0.29) is 0 Å². The van der Waals surface area contributed by atoms with Crippen LogP contribution < -0.4 is 4.90 Å². The minimum Gasteiger partial charge on any atom is -0.310 e. The molecule has 0 amide bonds. The highest BCUT2D eigenvalue weighted by atomic mass is 15.1. The van der Waals surface area contributed by atoms with Crippen molar-refractivity contribution in [1.29, 1.82) is 0 Å². The molecule has 0 bridgehead atoms. The lowest BCUT2D eigenvalue weighted by atomic mass is 9.65. The molecule has 2 aliphatic carbocycles. The van der Waals surface area contributed by atoms with Crippen LogP contribution in [0.5, 0.6) is 0 Å². The van der Waals surface area contributed by atoms with Gasteiger partial charge in [-0.05, 0) is 137 Å². The zero-order valence-electron chi connectivity index (χ0n) is 33.0. The zero-order chi connectivity index (χ0) is 39.6. The number of rotatable bonds is 5. The second kappa shape index (κ2) is 13.7. The third-order valence-electron chi connectivity index (χ3n) is 12.9. The number of nitrogens with zero attached hydrogens (tertiary/aromatic N) is 1. The molecule has 0 fully saturated rings. The zero-order valence-corrected chi connectivity index (χ0v) is 33.0. The van der Waals surface area contributed by atoms with Gasteiger partial charge in [0, 0.05) is 17.1 Å². The Kier molecular flexibility index (Phi) is 7.83. The maximum atomic E-state index is 2.50. The summed E-state index contributed by atoms with van der Waals surface area (Å²) in [4.78, 5) is 2.42. The minimum atomic E-state index is -0.588. The molecule has 1 nitrogen and oxygen atoms in total. The number of fused-ring (bicyclic) bond motifs is 13. The Morgan fingerprint density at radius 2 is 0.633 bits per heavy atom. The molecule has 10 aromatic rings. The summed E-state index contributed by atoms with van der Waals surface area (Å²) < 4.78 is 0. The van der Waals surface area contributed by atoms with Gasteiger partial charge in [-0.1, -0.05) is 188 Å². The molecule has 0 heterocycles. The molecule has 280 valence electrons.